The molecule has 2 N–H and O–H groups in total. The molecule has 2 heterocycles. The Bertz CT molecular complexity index is 1770. The zero-order valence-electron chi connectivity index (χ0n) is 22.1. The summed E-state index contributed by atoms with van der Waals surface area (Å²) in [5.74, 6) is -1.14. The van der Waals surface area contributed by atoms with Gasteiger partial charge in [-0.2, -0.15) is 0 Å². The highest BCUT2D eigenvalue weighted by Gasteiger charge is 2.19. The van der Waals surface area contributed by atoms with E-state index in [1.54, 1.807) is 25.1 Å². The molecule has 0 aliphatic heterocycles. The van der Waals surface area contributed by atoms with Crippen LogP contribution in [0.5, 0.6) is 0 Å². The van der Waals surface area contributed by atoms with Gasteiger partial charge in [0.05, 0.1) is 28.0 Å². The molecule has 7 nitrogen and oxygen atoms in total. The summed E-state index contributed by atoms with van der Waals surface area (Å²) < 4.78 is 20.0. The van der Waals surface area contributed by atoms with E-state index in [1.807, 2.05) is 44.2 Å². The fourth-order valence-corrected chi connectivity index (χ4v) is 4.81. The first kappa shape index (κ1) is 27.0. The van der Waals surface area contributed by atoms with Crippen LogP contribution in [-0.4, -0.2) is 28.5 Å². The fraction of sp³-hybridized carbons (Fsp3) is 0.161. The average Bonchev–Trinajstić information content (AvgIpc) is 3.33. The van der Waals surface area contributed by atoms with Gasteiger partial charge in [-0.1, -0.05) is 46.6 Å². The molecule has 0 atom stereocenters. The first-order valence-corrected chi connectivity index (χ1v) is 13.1. The predicted octanol–water partition coefficient (Wildman–Crippen LogP) is 6.83. The average molecular weight is 557 g/mol. The quantitative estimate of drug-likeness (QED) is 0.229. The van der Waals surface area contributed by atoms with E-state index < -0.39 is 17.6 Å². The summed E-state index contributed by atoms with van der Waals surface area (Å²) in [6.45, 7) is 5.94. The molecule has 5 aromatic rings. The number of anilines is 1. The van der Waals surface area contributed by atoms with Gasteiger partial charge in [-0.25, -0.2) is 9.37 Å². The standard InChI is InChI=1S/C31H26ClFN4O3/c1-17-12-18(2)29-24(13-17)25(16-28(36-29)22-6-4-5-7-26(22)32)31(39)35-20-8-9-23(27(33)15-20)30(38)34-11-10-21-14-19(3)37-40-21/h4-9,12-16H,10-11H2,1-3H3,(H,34,38)(H,35,39). The molecule has 0 aliphatic carbocycles. The number of carbonyl (C=O) groups is 2. The molecule has 0 saturated heterocycles. The third kappa shape index (κ3) is 5.72. The van der Waals surface area contributed by atoms with Gasteiger partial charge in [-0.15, -0.1) is 0 Å². The number of nitrogens with one attached hydrogen (secondary N) is 2. The van der Waals surface area contributed by atoms with Gasteiger partial charge in [0.1, 0.15) is 11.6 Å². The van der Waals surface area contributed by atoms with Crippen molar-refractivity contribution in [1.29, 1.82) is 0 Å². The molecule has 0 radical (unpaired) electrons. The van der Waals surface area contributed by atoms with Crippen molar-refractivity contribution in [3.05, 3.63) is 111 Å². The Morgan fingerprint density at radius 2 is 1.75 bits per heavy atom. The maximum absolute atomic E-state index is 14.9. The van der Waals surface area contributed by atoms with Crippen molar-refractivity contribution >= 4 is 40.0 Å². The van der Waals surface area contributed by atoms with Crippen LogP contribution in [0.4, 0.5) is 10.1 Å². The van der Waals surface area contributed by atoms with E-state index in [2.05, 4.69) is 15.8 Å². The highest BCUT2D eigenvalue weighted by atomic mass is 35.5. The predicted molar refractivity (Wildman–Crippen MR) is 153 cm³/mol. The lowest BCUT2D eigenvalue weighted by atomic mass is 9.99. The van der Waals surface area contributed by atoms with E-state index in [0.717, 1.165) is 22.9 Å². The molecule has 0 unspecified atom stereocenters. The molecule has 2 aromatic heterocycles. The Morgan fingerprint density at radius 3 is 2.48 bits per heavy atom. The molecule has 0 spiro atoms. The van der Waals surface area contributed by atoms with Crippen molar-refractivity contribution in [3.63, 3.8) is 0 Å². The van der Waals surface area contributed by atoms with Crippen LogP contribution in [0.25, 0.3) is 22.2 Å². The second-order valence-electron chi connectivity index (χ2n) is 9.60. The molecular formula is C31H26ClFN4O3. The highest BCUT2D eigenvalue weighted by Crippen LogP contribution is 2.32. The Labute approximate surface area is 235 Å². The van der Waals surface area contributed by atoms with Gasteiger partial charge in [0.25, 0.3) is 11.8 Å². The number of nitrogens with zero attached hydrogens (tertiary/aromatic N) is 2. The van der Waals surface area contributed by atoms with E-state index in [0.29, 0.717) is 44.9 Å². The minimum atomic E-state index is -0.756. The van der Waals surface area contributed by atoms with Crippen molar-refractivity contribution in [2.75, 3.05) is 11.9 Å². The number of hydrogen-bond acceptors (Lipinski definition) is 5. The van der Waals surface area contributed by atoms with Crippen LogP contribution >= 0.6 is 11.6 Å². The van der Waals surface area contributed by atoms with Crippen LogP contribution in [0.2, 0.25) is 5.02 Å². The van der Waals surface area contributed by atoms with Gasteiger partial charge >= 0.3 is 0 Å². The number of carbonyl (C=O) groups excluding carboxylic acids is 2. The zero-order valence-corrected chi connectivity index (χ0v) is 22.9. The SMILES string of the molecule is Cc1cc(C)c2nc(-c3ccccc3Cl)cc(C(=O)Nc3ccc(C(=O)NCCc4cc(C)no4)c(F)c3)c2c1. The van der Waals surface area contributed by atoms with E-state index in [4.69, 9.17) is 21.1 Å². The first-order valence-electron chi connectivity index (χ1n) is 12.7. The summed E-state index contributed by atoms with van der Waals surface area (Å²) in [6, 6.07) is 18.6. The van der Waals surface area contributed by atoms with Gasteiger partial charge in [0.15, 0.2) is 0 Å². The fourth-order valence-electron chi connectivity index (χ4n) is 4.58. The third-order valence-corrected chi connectivity index (χ3v) is 6.78. The second kappa shape index (κ2) is 11.3. The number of rotatable bonds is 7. The Hall–Kier alpha value is -4.56. The van der Waals surface area contributed by atoms with Crippen LogP contribution in [0.3, 0.4) is 0 Å². The number of fused-ring (bicyclic) bond motifs is 1. The summed E-state index contributed by atoms with van der Waals surface area (Å²) in [7, 11) is 0. The summed E-state index contributed by atoms with van der Waals surface area (Å²) in [6.07, 6.45) is 0.428. The van der Waals surface area contributed by atoms with Crippen LogP contribution in [0.15, 0.2) is 71.3 Å². The van der Waals surface area contributed by atoms with Crippen molar-refractivity contribution in [3.8, 4) is 11.3 Å². The van der Waals surface area contributed by atoms with Crippen LogP contribution in [0.1, 0.15) is 43.3 Å². The molecule has 40 heavy (non-hydrogen) atoms. The number of amides is 2. The van der Waals surface area contributed by atoms with E-state index in [-0.39, 0.29) is 17.8 Å². The molecule has 0 fully saturated rings. The van der Waals surface area contributed by atoms with Gasteiger partial charge in [-0.3, -0.25) is 9.59 Å². The van der Waals surface area contributed by atoms with Gasteiger partial charge in [-0.05, 0) is 62.7 Å². The number of halogens is 2. The maximum Gasteiger partial charge on any atom is 0.256 e. The molecule has 0 bridgehead atoms. The molecule has 0 aliphatic rings. The van der Waals surface area contributed by atoms with Crippen LogP contribution in [-0.2, 0) is 6.42 Å². The van der Waals surface area contributed by atoms with Crippen LogP contribution < -0.4 is 10.6 Å². The summed E-state index contributed by atoms with van der Waals surface area (Å²) in [5.41, 5.74) is 5.01. The minimum Gasteiger partial charge on any atom is -0.361 e. The summed E-state index contributed by atoms with van der Waals surface area (Å²) in [4.78, 5) is 30.9. The lowest BCUT2D eigenvalue weighted by Crippen LogP contribution is -2.26. The Morgan fingerprint density at radius 1 is 0.950 bits per heavy atom. The van der Waals surface area contributed by atoms with Crippen molar-refractivity contribution < 1.29 is 18.5 Å². The largest absolute Gasteiger partial charge is 0.361 e. The Kier molecular flexibility index (Phi) is 7.62. The van der Waals surface area contributed by atoms with Gasteiger partial charge in [0.2, 0.25) is 0 Å². The van der Waals surface area contributed by atoms with E-state index in [1.165, 1.54) is 12.1 Å². The molecule has 2 amide bonds. The molecular weight excluding hydrogens is 531 g/mol. The number of benzene rings is 3. The maximum atomic E-state index is 14.9. The number of aryl methyl sites for hydroxylation is 3. The lowest BCUT2D eigenvalue weighted by molar-refractivity contribution is 0.0949. The first-order chi connectivity index (χ1) is 19.2. The number of aromatic nitrogens is 2. The summed E-state index contributed by atoms with van der Waals surface area (Å²) >= 11 is 6.44. The van der Waals surface area contributed by atoms with Gasteiger partial charge in [0, 0.05) is 40.7 Å². The van der Waals surface area contributed by atoms with E-state index >= 15 is 0 Å². The normalized spacial score (nSPS) is 11.0. The molecule has 3 aromatic carbocycles. The van der Waals surface area contributed by atoms with Gasteiger partial charge < -0.3 is 15.2 Å². The van der Waals surface area contributed by atoms with Crippen molar-refractivity contribution in [2.45, 2.75) is 27.2 Å². The monoisotopic (exact) mass is 556 g/mol. The molecule has 202 valence electrons. The smallest absolute Gasteiger partial charge is 0.256 e. The minimum absolute atomic E-state index is 0.131. The highest BCUT2D eigenvalue weighted by molar-refractivity contribution is 6.33. The number of pyridine rings is 1. The Balaban J connectivity index is 1.39. The zero-order chi connectivity index (χ0) is 28.4. The van der Waals surface area contributed by atoms with Crippen molar-refractivity contribution in [1.82, 2.24) is 15.5 Å². The molecule has 0 saturated carbocycles. The lowest BCUT2D eigenvalue weighted by Gasteiger charge is -2.14. The second-order valence-corrected chi connectivity index (χ2v) is 10.0. The van der Waals surface area contributed by atoms with E-state index in [9.17, 15) is 14.0 Å². The van der Waals surface area contributed by atoms with Crippen molar-refractivity contribution in [2.24, 2.45) is 0 Å². The molecule has 5 rings (SSSR count). The van der Waals surface area contributed by atoms with Crippen LogP contribution in [0, 0.1) is 26.6 Å². The third-order valence-electron chi connectivity index (χ3n) is 6.45. The summed E-state index contributed by atoms with van der Waals surface area (Å²) in [5, 5.41) is 10.4. The molecule has 9 heteroatoms. The number of hydrogen-bond donors (Lipinski definition) is 2. The topological polar surface area (TPSA) is 97.1 Å².